The van der Waals surface area contributed by atoms with E-state index in [4.69, 9.17) is 17.0 Å². The van der Waals surface area contributed by atoms with E-state index < -0.39 is 10.0 Å². The summed E-state index contributed by atoms with van der Waals surface area (Å²) in [6.07, 6.45) is 1.85. The van der Waals surface area contributed by atoms with Gasteiger partial charge in [0.1, 0.15) is 12.4 Å². The first-order valence-corrected chi connectivity index (χ1v) is 11.1. The first-order valence-electron chi connectivity index (χ1n) is 9.30. The topological polar surface area (TPSA) is 70.7 Å². The van der Waals surface area contributed by atoms with Crippen LogP contribution in [-0.2, 0) is 10.0 Å². The van der Waals surface area contributed by atoms with E-state index in [1.54, 1.807) is 24.3 Å². The molecule has 0 bridgehead atoms. The molecule has 0 saturated carbocycles. The van der Waals surface area contributed by atoms with Gasteiger partial charge < -0.3 is 15.4 Å². The second kappa shape index (κ2) is 9.36. The normalized spacial score (nSPS) is 14.6. The number of benzene rings is 2. The van der Waals surface area contributed by atoms with E-state index >= 15 is 0 Å². The maximum absolute atomic E-state index is 12.5. The molecule has 0 aliphatic carbocycles. The molecular formula is C20H25N3O3S2. The Morgan fingerprint density at radius 3 is 2.36 bits per heavy atom. The molecule has 0 atom stereocenters. The molecule has 0 aromatic heterocycles. The summed E-state index contributed by atoms with van der Waals surface area (Å²) in [5, 5.41) is 6.72. The molecule has 2 aromatic rings. The summed E-state index contributed by atoms with van der Waals surface area (Å²) in [4.78, 5) is 0.309. The van der Waals surface area contributed by atoms with Crippen LogP contribution in [0.15, 0.2) is 53.4 Å². The lowest BCUT2D eigenvalue weighted by Gasteiger charge is -2.16. The van der Waals surface area contributed by atoms with Gasteiger partial charge in [0.05, 0.1) is 11.4 Å². The van der Waals surface area contributed by atoms with Gasteiger partial charge in [-0.25, -0.2) is 8.42 Å². The number of rotatable bonds is 7. The molecule has 0 amide bonds. The van der Waals surface area contributed by atoms with Crippen LogP contribution in [-0.4, -0.2) is 44.1 Å². The Morgan fingerprint density at radius 1 is 1.07 bits per heavy atom. The predicted octanol–water partition coefficient (Wildman–Crippen LogP) is 3.14. The van der Waals surface area contributed by atoms with Gasteiger partial charge in [-0.3, -0.25) is 0 Å². The van der Waals surface area contributed by atoms with Crippen LogP contribution in [0.2, 0.25) is 0 Å². The van der Waals surface area contributed by atoms with Gasteiger partial charge in [0, 0.05) is 18.8 Å². The zero-order valence-electron chi connectivity index (χ0n) is 15.8. The van der Waals surface area contributed by atoms with Crippen molar-refractivity contribution < 1.29 is 13.2 Å². The summed E-state index contributed by atoms with van der Waals surface area (Å²) in [5.74, 6) is 0.625. The number of thiocarbonyl (C=S) groups is 1. The molecule has 1 saturated heterocycles. The molecule has 6 nitrogen and oxygen atoms in total. The minimum absolute atomic E-state index is 0.309. The van der Waals surface area contributed by atoms with Crippen molar-refractivity contribution >= 4 is 33.0 Å². The van der Waals surface area contributed by atoms with Gasteiger partial charge in [-0.1, -0.05) is 17.7 Å². The highest BCUT2D eigenvalue weighted by molar-refractivity contribution is 7.89. The summed E-state index contributed by atoms with van der Waals surface area (Å²) in [5.41, 5.74) is 2.12. The van der Waals surface area contributed by atoms with E-state index in [1.165, 1.54) is 9.87 Å². The molecule has 0 unspecified atom stereocenters. The molecule has 150 valence electrons. The van der Waals surface area contributed by atoms with Crippen molar-refractivity contribution in [3.05, 3.63) is 54.1 Å². The largest absolute Gasteiger partial charge is 0.492 e. The molecule has 3 rings (SSSR count). The first-order chi connectivity index (χ1) is 13.4. The Hall–Kier alpha value is -2.16. The van der Waals surface area contributed by atoms with Crippen LogP contribution >= 0.6 is 12.2 Å². The summed E-state index contributed by atoms with van der Waals surface area (Å²) < 4.78 is 32.2. The maximum atomic E-state index is 12.5. The van der Waals surface area contributed by atoms with Crippen molar-refractivity contribution in [3.8, 4) is 5.75 Å². The highest BCUT2D eigenvalue weighted by atomic mass is 32.2. The second-order valence-electron chi connectivity index (χ2n) is 6.68. The third kappa shape index (κ3) is 5.43. The van der Waals surface area contributed by atoms with E-state index in [9.17, 15) is 8.42 Å². The second-order valence-corrected chi connectivity index (χ2v) is 9.02. The van der Waals surface area contributed by atoms with Crippen molar-refractivity contribution in [3.63, 3.8) is 0 Å². The number of hydrogen-bond acceptors (Lipinski definition) is 4. The zero-order chi connectivity index (χ0) is 20.0. The number of ether oxygens (including phenoxy) is 1. The molecule has 1 aliphatic heterocycles. The van der Waals surface area contributed by atoms with Crippen LogP contribution in [0.5, 0.6) is 5.75 Å². The standard InChI is InChI=1S/C20H25N3O3S2/c1-16-4-6-17(7-5-16)22-20(27)21-12-15-26-18-8-10-19(11-9-18)28(24,25)23-13-2-3-14-23/h4-11H,2-3,12-15H2,1H3,(H2,21,22,27). The fourth-order valence-corrected chi connectivity index (χ4v) is 4.67. The van der Waals surface area contributed by atoms with Gasteiger partial charge in [0.2, 0.25) is 10.0 Å². The average Bonchev–Trinajstić information content (AvgIpc) is 3.23. The Kier molecular flexibility index (Phi) is 6.88. The minimum atomic E-state index is -3.38. The Balaban J connectivity index is 1.42. The molecular weight excluding hydrogens is 394 g/mol. The van der Waals surface area contributed by atoms with Crippen LogP contribution in [0.3, 0.4) is 0 Å². The molecule has 28 heavy (non-hydrogen) atoms. The molecule has 8 heteroatoms. The van der Waals surface area contributed by atoms with Crippen molar-refractivity contribution in [1.29, 1.82) is 0 Å². The highest BCUT2D eigenvalue weighted by Crippen LogP contribution is 2.22. The quantitative estimate of drug-likeness (QED) is 0.531. The third-order valence-electron chi connectivity index (χ3n) is 4.49. The predicted molar refractivity (Wildman–Crippen MR) is 115 cm³/mol. The van der Waals surface area contributed by atoms with Crippen LogP contribution in [0.25, 0.3) is 0 Å². The van der Waals surface area contributed by atoms with Crippen LogP contribution in [0.1, 0.15) is 18.4 Å². The van der Waals surface area contributed by atoms with E-state index in [2.05, 4.69) is 10.6 Å². The number of anilines is 1. The van der Waals surface area contributed by atoms with Crippen molar-refractivity contribution in [1.82, 2.24) is 9.62 Å². The molecule has 2 aromatic carbocycles. The Bertz CT molecular complexity index is 891. The summed E-state index contributed by atoms with van der Waals surface area (Å²) in [6, 6.07) is 14.5. The van der Waals surface area contributed by atoms with Crippen molar-refractivity contribution in [2.24, 2.45) is 0 Å². The average molecular weight is 420 g/mol. The number of hydrogen-bond donors (Lipinski definition) is 2. The number of aryl methyl sites for hydroxylation is 1. The number of sulfonamides is 1. The molecule has 1 fully saturated rings. The fourth-order valence-electron chi connectivity index (χ4n) is 2.93. The Labute approximate surface area is 171 Å². The van der Waals surface area contributed by atoms with E-state index in [0.29, 0.717) is 42.0 Å². The Morgan fingerprint density at radius 2 is 1.71 bits per heavy atom. The smallest absolute Gasteiger partial charge is 0.243 e. The SMILES string of the molecule is Cc1ccc(NC(=S)NCCOc2ccc(S(=O)(=O)N3CCCC3)cc2)cc1. The minimum Gasteiger partial charge on any atom is -0.492 e. The third-order valence-corrected chi connectivity index (χ3v) is 6.65. The molecule has 1 aliphatic rings. The van der Waals surface area contributed by atoms with Gasteiger partial charge >= 0.3 is 0 Å². The monoisotopic (exact) mass is 419 g/mol. The van der Waals surface area contributed by atoms with Crippen molar-refractivity contribution in [2.45, 2.75) is 24.7 Å². The van der Waals surface area contributed by atoms with Gasteiger partial charge in [0.15, 0.2) is 5.11 Å². The highest BCUT2D eigenvalue weighted by Gasteiger charge is 2.26. The van der Waals surface area contributed by atoms with Crippen molar-refractivity contribution in [2.75, 3.05) is 31.6 Å². The number of nitrogens with one attached hydrogen (secondary N) is 2. The van der Waals surface area contributed by atoms with Crippen LogP contribution in [0, 0.1) is 6.92 Å². The van der Waals surface area contributed by atoms with Gasteiger partial charge in [-0.15, -0.1) is 0 Å². The molecule has 2 N–H and O–H groups in total. The van der Waals surface area contributed by atoms with E-state index in [-0.39, 0.29) is 0 Å². The van der Waals surface area contributed by atoms with Gasteiger partial charge in [-0.2, -0.15) is 4.31 Å². The lowest BCUT2D eigenvalue weighted by atomic mass is 10.2. The van der Waals surface area contributed by atoms with Gasteiger partial charge in [-0.05, 0) is 68.4 Å². The molecule has 1 heterocycles. The maximum Gasteiger partial charge on any atom is 0.243 e. The zero-order valence-corrected chi connectivity index (χ0v) is 17.5. The number of nitrogens with zero attached hydrogens (tertiary/aromatic N) is 1. The van der Waals surface area contributed by atoms with E-state index in [0.717, 1.165) is 18.5 Å². The van der Waals surface area contributed by atoms with Crippen LogP contribution in [0.4, 0.5) is 5.69 Å². The molecule has 0 radical (unpaired) electrons. The fraction of sp³-hybridized carbons (Fsp3) is 0.350. The lowest BCUT2D eigenvalue weighted by molar-refractivity contribution is 0.322. The lowest BCUT2D eigenvalue weighted by Crippen LogP contribution is -2.31. The summed E-state index contributed by atoms with van der Waals surface area (Å²) in [6.45, 7) is 4.18. The van der Waals surface area contributed by atoms with E-state index in [1.807, 2.05) is 31.2 Å². The summed E-state index contributed by atoms with van der Waals surface area (Å²) >= 11 is 5.26. The first kappa shape index (κ1) is 20.6. The van der Waals surface area contributed by atoms with Crippen LogP contribution < -0.4 is 15.4 Å². The van der Waals surface area contributed by atoms with Gasteiger partial charge in [0.25, 0.3) is 0 Å². The molecule has 0 spiro atoms. The summed E-state index contributed by atoms with van der Waals surface area (Å²) in [7, 11) is -3.38.